The molecule has 0 aromatic heterocycles. The summed E-state index contributed by atoms with van der Waals surface area (Å²) in [4.78, 5) is 40.3. The number of ether oxygens (including phenoxy) is 3. The molecular formula is C25H28FN3O6. The predicted molar refractivity (Wildman–Crippen MR) is 125 cm³/mol. The Morgan fingerprint density at radius 2 is 1.86 bits per heavy atom. The Hall–Kier alpha value is -3.92. The Morgan fingerprint density at radius 1 is 1.11 bits per heavy atom. The Bertz CT molecular complexity index is 1100. The summed E-state index contributed by atoms with van der Waals surface area (Å²) in [5.74, 6) is -0.944. The van der Waals surface area contributed by atoms with Crippen LogP contribution in [0.2, 0.25) is 0 Å². The molecule has 0 saturated heterocycles. The second-order valence-electron chi connectivity index (χ2n) is 7.65. The van der Waals surface area contributed by atoms with Gasteiger partial charge in [-0.1, -0.05) is 12.1 Å². The van der Waals surface area contributed by atoms with E-state index in [0.717, 1.165) is 0 Å². The number of carbonyl (C=O) groups is 3. The molecule has 0 spiro atoms. The fourth-order valence-electron chi connectivity index (χ4n) is 3.69. The summed E-state index contributed by atoms with van der Waals surface area (Å²) in [5.41, 5.74) is 1.02. The van der Waals surface area contributed by atoms with Crippen LogP contribution in [0.4, 0.5) is 9.18 Å². The highest BCUT2D eigenvalue weighted by Gasteiger charge is 2.35. The molecule has 35 heavy (non-hydrogen) atoms. The van der Waals surface area contributed by atoms with E-state index in [-0.39, 0.29) is 43.5 Å². The predicted octanol–water partition coefficient (Wildman–Crippen LogP) is 2.79. The molecule has 2 aromatic rings. The molecule has 1 atom stereocenters. The number of amides is 3. The summed E-state index contributed by atoms with van der Waals surface area (Å²) in [5, 5.41) is 5.28. The van der Waals surface area contributed by atoms with Gasteiger partial charge in [-0.2, -0.15) is 0 Å². The first-order valence-corrected chi connectivity index (χ1v) is 11.0. The second-order valence-corrected chi connectivity index (χ2v) is 7.65. The summed E-state index contributed by atoms with van der Waals surface area (Å²) in [6, 6.07) is 10.6. The van der Waals surface area contributed by atoms with Crippen molar-refractivity contribution in [3.63, 3.8) is 0 Å². The van der Waals surface area contributed by atoms with Crippen molar-refractivity contribution in [3.05, 3.63) is 76.7 Å². The van der Waals surface area contributed by atoms with Crippen LogP contribution in [-0.4, -0.2) is 63.3 Å². The van der Waals surface area contributed by atoms with Gasteiger partial charge in [-0.15, -0.1) is 0 Å². The molecule has 1 aliphatic rings. The second kappa shape index (κ2) is 12.0. The van der Waals surface area contributed by atoms with Gasteiger partial charge in [-0.05, 0) is 48.9 Å². The highest BCUT2D eigenvalue weighted by molar-refractivity contribution is 5.97. The number of esters is 1. The normalized spacial score (nSPS) is 15.2. The van der Waals surface area contributed by atoms with Gasteiger partial charge < -0.3 is 29.7 Å². The molecule has 3 rings (SSSR count). The van der Waals surface area contributed by atoms with Crippen molar-refractivity contribution in [2.24, 2.45) is 0 Å². The van der Waals surface area contributed by atoms with Gasteiger partial charge in [0.1, 0.15) is 11.6 Å². The Morgan fingerprint density at radius 3 is 2.49 bits per heavy atom. The monoisotopic (exact) mass is 485 g/mol. The van der Waals surface area contributed by atoms with E-state index in [1.165, 1.54) is 37.3 Å². The van der Waals surface area contributed by atoms with Crippen molar-refractivity contribution in [3.8, 4) is 5.75 Å². The first-order valence-electron chi connectivity index (χ1n) is 11.0. The number of nitrogens with zero attached hydrogens (tertiary/aromatic N) is 1. The fraction of sp³-hybridized carbons (Fsp3) is 0.320. The smallest absolute Gasteiger partial charge is 0.338 e. The number of benzene rings is 2. The lowest BCUT2D eigenvalue weighted by Gasteiger charge is -2.32. The number of nitrogens with one attached hydrogen (secondary N) is 2. The maximum atomic E-state index is 14.0. The molecule has 0 fully saturated rings. The highest BCUT2D eigenvalue weighted by atomic mass is 19.1. The molecule has 0 radical (unpaired) electrons. The average Bonchev–Trinajstić information content (AvgIpc) is 2.86. The molecule has 10 heteroatoms. The van der Waals surface area contributed by atoms with Crippen LogP contribution >= 0.6 is 0 Å². The van der Waals surface area contributed by atoms with Crippen LogP contribution in [0.3, 0.4) is 0 Å². The summed E-state index contributed by atoms with van der Waals surface area (Å²) >= 11 is 0. The molecule has 1 aliphatic heterocycles. The lowest BCUT2D eigenvalue weighted by molar-refractivity contribution is -0.139. The zero-order valence-electron chi connectivity index (χ0n) is 19.8. The van der Waals surface area contributed by atoms with Crippen molar-refractivity contribution >= 4 is 17.9 Å². The van der Waals surface area contributed by atoms with Gasteiger partial charge in [0, 0.05) is 19.2 Å². The maximum absolute atomic E-state index is 14.0. The first kappa shape index (κ1) is 25.7. The largest absolute Gasteiger partial charge is 0.497 e. The third kappa shape index (κ3) is 6.36. The summed E-state index contributed by atoms with van der Waals surface area (Å²) in [7, 11) is 3.03. The van der Waals surface area contributed by atoms with Crippen LogP contribution in [-0.2, 0) is 14.3 Å². The van der Waals surface area contributed by atoms with Crippen LogP contribution < -0.4 is 15.4 Å². The molecule has 186 valence electrons. The van der Waals surface area contributed by atoms with Gasteiger partial charge in [0.25, 0.3) is 5.91 Å². The van der Waals surface area contributed by atoms with E-state index >= 15 is 0 Å². The quantitative estimate of drug-likeness (QED) is 0.502. The third-order valence-electron chi connectivity index (χ3n) is 5.37. The number of hydrogen-bond donors (Lipinski definition) is 2. The molecule has 3 amide bonds. The maximum Gasteiger partial charge on any atom is 0.338 e. The average molecular weight is 486 g/mol. The Labute approximate surface area is 202 Å². The highest BCUT2D eigenvalue weighted by Crippen LogP contribution is 2.29. The van der Waals surface area contributed by atoms with Gasteiger partial charge >= 0.3 is 12.0 Å². The molecule has 2 N–H and O–H groups in total. The number of rotatable bonds is 10. The topological polar surface area (TPSA) is 106 Å². The van der Waals surface area contributed by atoms with Crippen molar-refractivity contribution in [1.29, 1.82) is 0 Å². The van der Waals surface area contributed by atoms with E-state index < -0.39 is 23.9 Å². The van der Waals surface area contributed by atoms with E-state index in [1.54, 1.807) is 37.3 Å². The number of methoxy groups -OCH3 is 2. The number of carbonyl (C=O) groups excluding carboxylic acids is 3. The van der Waals surface area contributed by atoms with Crippen molar-refractivity contribution in [2.75, 3.05) is 40.5 Å². The number of hydrogen-bond acceptors (Lipinski definition) is 6. The van der Waals surface area contributed by atoms with Crippen LogP contribution in [0.25, 0.3) is 0 Å². The molecule has 2 aromatic carbocycles. The third-order valence-corrected chi connectivity index (χ3v) is 5.37. The minimum Gasteiger partial charge on any atom is -0.497 e. The van der Waals surface area contributed by atoms with Crippen LogP contribution in [0.15, 0.2) is 59.8 Å². The Balaban J connectivity index is 2.03. The van der Waals surface area contributed by atoms with E-state index in [0.29, 0.717) is 16.9 Å². The van der Waals surface area contributed by atoms with Gasteiger partial charge in [-0.3, -0.25) is 4.79 Å². The molecule has 9 nitrogen and oxygen atoms in total. The lowest BCUT2D eigenvalue weighted by Crippen LogP contribution is -2.49. The standard InChI is InChI=1S/C25H28FN3O6/c1-4-35-24(31)21-20(27-25(32)28-22(21)17-6-5-7-18(26)14-17)15-29(12-13-33-2)23(30)16-8-10-19(34-3)11-9-16/h5-11,14,22H,4,12-13,15H2,1-3H3,(H2,27,28,32)/t22-/m0/s1. The SMILES string of the molecule is CCOC(=O)C1=C(CN(CCOC)C(=O)c2ccc(OC)cc2)NC(=O)N[C@H]1c1cccc(F)c1. The minimum absolute atomic E-state index is 0.0852. The minimum atomic E-state index is -0.964. The van der Waals surface area contributed by atoms with Crippen molar-refractivity contribution in [2.45, 2.75) is 13.0 Å². The van der Waals surface area contributed by atoms with E-state index in [9.17, 15) is 18.8 Å². The van der Waals surface area contributed by atoms with Crippen molar-refractivity contribution in [1.82, 2.24) is 15.5 Å². The molecule has 0 aliphatic carbocycles. The van der Waals surface area contributed by atoms with Crippen LogP contribution in [0, 0.1) is 5.82 Å². The van der Waals surface area contributed by atoms with Crippen molar-refractivity contribution < 1.29 is 33.0 Å². The number of halogens is 1. The zero-order chi connectivity index (χ0) is 25.4. The summed E-state index contributed by atoms with van der Waals surface area (Å²) in [6.45, 7) is 2.06. The summed E-state index contributed by atoms with van der Waals surface area (Å²) < 4.78 is 29.5. The zero-order valence-corrected chi connectivity index (χ0v) is 19.8. The molecule has 0 saturated carbocycles. The van der Waals surface area contributed by atoms with Gasteiger partial charge in [0.05, 0.1) is 44.2 Å². The van der Waals surface area contributed by atoms with Gasteiger partial charge in [-0.25, -0.2) is 14.0 Å². The first-order chi connectivity index (χ1) is 16.9. The lowest BCUT2D eigenvalue weighted by atomic mass is 9.94. The van der Waals surface area contributed by atoms with E-state index in [2.05, 4.69) is 10.6 Å². The van der Waals surface area contributed by atoms with Crippen LogP contribution in [0.5, 0.6) is 5.75 Å². The fourth-order valence-corrected chi connectivity index (χ4v) is 3.69. The molecule has 0 bridgehead atoms. The van der Waals surface area contributed by atoms with E-state index in [1.807, 2.05) is 0 Å². The number of urea groups is 1. The van der Waals surface area contributed by atoms with Gasteiger partial charge in [0.2, 0.25) is 0 Å². The molecule has 1 heterocycles. The van der Waals surface area contributed by atoms with Crippen LogP contribution in [0.1, 0.15) is 28.9 Å². The Kier molecular flexibility index (Phi) is 8.80. The summed E-state index contributed by atoms with van der Waals surface area (Å²) in [6.07, 6.45) is 0. The molecular weight excluding hydrogens is 457 g/mol. The van der Waals surface area contributed by atoms with E-state index in [4.69, 9.17) is 14.2 Å². The molecule has 0 unspecified atom stereocenters. The van der Waals surface area contributed by atoms with Gasteiger partial charge in [0.15, 0.2) is 0 Å².